The highest BCUT2D eigenvalue weighted by molar-refractivity contribution is 7.87. The van der Waals surface area contributed by atoms with Crippen LogP contribution in [-0.2, 0) is 40.5 Å². The van der Waals surface area contributed by atoms with E-state index in [-0.39, 0.29) is 42.7 Å². The van der Waals surface area contributed by atoms with Crippen LogP contribution in [0.15, 0.2) is 76.2 Å². The highest BCUT2D eigenvalue weighted by atomic mass is 32.2. The summed E-state index contributed by atoms with van der Waals surface area (Å²) in [5.74, 6) is -2.31. The Labute approximate surface area is 291 Å². The SMILES string of the molecule is CC(=CC=CC=CC(C)=[N+](CCCS(=O)(=O)O)c1ccc(C(=O)O)cc1C)N(CCCS(=O)(=O)O)c1cc(S(=O)(=O)O)cc(S(=O)(=O)O)c1C. The average Bonchev–Trinajstić information content (AvgIpc) is 2.95. The zero-order chi connectivity index (χ0) is 38.2. The molecule has 0 unspecified atom stereocenters. The number of anilines is 1. The average molecular weight is 780 g/mol. The molecule has 16 nitrogen and oxygen atoms in total. The first-order chi connectivity index (χ1) is 22.8. The van der Waals surface area contributed by atoms with Crippen molar-refractivity contribution in [1.82, 2.24) is 0 Å². The number of aromatic carboxylic acids is 1. The fourth-order valence-electron chi connectivity index (χ4n) is 4.85. The standard InChI is InChI=1S/C30H38N2O14S4/c1-21-18-25(30(33)34)12-13-27(21)31(14-8-16-47(35,36)37)22(2)10-6-5-7-11-23(3)32(15-9-17-48(38,39)40)28-19-26(49(41,42)43)20-29(24(28)4)50(44,45)46/h5-7,10-13,18-20H,8-9,14-17H2,1-4H3,(H4-,33,34,35,36,37,38,39,40,41,42,43,44,45,46)/p+1. The molecule has 0 spiro atoms. The summed E-state index contributed by atoms with van der Waals surface area (Å²) in [6.45, 7) is 6.18. The number of hydrogen-bond acceptors (Lipinski definition) is 10. The van der Waals surface area contributed by atoms with Gasteiger partial charge in [-0.3, -0.25) is 18.2 Å². The van der Waals surface area contributed by atoms with Crippen LogP contribution in [0.5, 0.6) is 0 Å². The molecule has 5 N–H and O–H groups in total. The van der Waals surface area contributed by atoms with Gasteiger partial charge in [0.25, 0.3) is 40.5 Å². The van der Waals surface area contributed by atoms with E-state index in [2.05, 4.69) is 0 Å². The monoisotopic (exact) mass is 779 g/mol. The molecule has 0 aromatic heterocycles. The lowest BCUT2D eigenvalue weighted by Crippen LogP contribution is -2.26. The lowest BCUT2D eigenvalue weighted by atomic mass is 10.1. The number of allylic oxidation sites excluding steroid dienone is 6. The first-order valence-electron chi connectivity index (χ1n) is 14.6. The molecule has 276 valence electrons. The van der Waals surface area contributed by atoms with Gasteiger partial charge in [0.1, 0.15) is 11.4 Å². The summed E-state index contributed by atoms with van der Waals surface area (Å²) < 4.78 is 133. The second-order valence-electron chi connectivity index (χ2n) is 11.1. The van der Waals surface area contributed by atoms with E-state index in [1.165, 1.54) is 43.0 Å². The van der Waals surface area contributed by atoms with Crippen molar-refractivity contribution >= 4 is 63.5 Å². The van der Waals surface area contributed by atoms with Crippen molar-refractivity contribution in [2.75, 3.05) is 29.5 Å². The molecule has 0 fully saturated rings. The number of rotatable bonds is 17. The number of carbonyl (C=O) groups is 1. The number of hydrogen-bond donors (Lipinski definition) is 5. The predicted octanol–water partition coefficient (Wildman–Crippen LogP) is 3.68. The molecular formula is C30H39N2O14S4+. The number of benzene rings is 2. The number of carboxylic acid groups (broad SMARTS) is 1. The van der Waals surface area contributed by atoms with Gasteiger partial charge in [0.2, 0.25) is 5.69 Å². The van der Waals surface area contributed by atoms with E-state index in [0.29, 0.717) is 28.7 Å². The van der Waals surface area contributed by atoms with E-state index in [1.807, 2.05) is 0 Å². The van der Waals surface area contributed by atoms with Crippen LogP contribution in [0, 0.1) is 13.8 Å². The molecule has 20 heteroatoms. The normalized spacial score (nSPS) is 14.0. The summed E-state index contributed by atoms with van der Waals surface area (Å²) in [7, 11) is -18.6. The Balaban J connectivity index is 2.58. The minimum Gasteiger partial charge on any atom is -0.478 e. The third-order valence-corrected chi connectivity index (χ3v) is 10.6. The molecule has 0 aliphatic rings. The van der Waals surface area contributed by atoms with Crippen molar-refractivity contribution in [3.8, 4) is 0 Å². The van der Waals surface area contributed by atoms with Crippen LogP contribution >= 0.6 is 0 Å². The van der Waals surface area contributed by atoms with Gasteiger partial charge in [0.05, 0.1) is 22.0 Å². The molecule has 0 aliphatic heterocycles. The van der Waals surface area contributed by atoms with Gasteiger partial charge in [-0.25, -0.2) is 4.79 Å². The summed E-state index contributed by atoms with van der Waals surface area (Å²) in [5, 5.41) is 9.32. The minimum absolute atomic E-state index is 0.0484. The predicted molar refractivity (Wildman–Crippen MR) is 186 cm³/mol. The largest absolute Gasteiger partial charge is 0.478 e. The minimum atomic E-state index is -4.98. The van der Waals surface area contributed by atoms with Crippen molar-refractivity contribution < 1.29 is 66.4 Å². The highest BCUT2D eigenvalue weighted by Gasteiger charge is 2.25. The maximum atomic E-state index is 12.1. The fourth-order valence-corrected chi connectivity index (χ4v) is 7.21. The van der Waals surface area contributed by atoms with Gasteiger partial charge in [0.15, 0.2) is 5.71 Å². The molecular weight excluding hydrogens is 741 g/mol. The van der Waals surface area contributed by atoms with Crippen molar-refractivity contribution in [3.05, 3.63) is 83.1 Å². The smallest absolute Gasteiger partial charge is 0.335 e. The Morgan fingerprint density at radius 2 is 1.40 bits per heavy atom. The highest BCUT2D eigenvalue weighted by Crippen LogP contribution is 2.33. The van der Waals surface area contributed by atoms with Crippen molar-refractivity contribution in [3.63, 3.8) is 0 Å². The number of aryl methyl sites for hydroxylation is 1. The summed E-state index contributed by atoms with van der Waals surface area (Å²) in [5.41, 5.74) is 1.97. The molecule has 0 saturated carbocycles. The van der Waals surface area contributed by atoms with Crippen LogP contribution in [0.1, 0.15) is 48.2 Å². The molecule has 0 atom stereocenters. The molecule has 0 aliphatic carbocycles. The molecule has 0 amide bonds. The lowest BCUT2D eigenvalue weighted by Gasteiger charge is -2.28. The fraction of sp³-hybridized carbons (Fsp3) is 0.333. The van der Waals surface area contributed by atoms with Crippen molar-refractivity contribution in [2.45, 2.75) is 50.3 Å². The molecule has 0 bridgehead atoms. The van der Waals surface area contributed by atoms with Gasteiger partial charge in [-0.2, -0.15) is 38.2 Å². The van der Waals surface area contributed by atoms with Crippen LogP contribution in [0.25, 0.3) is 0 Å². The molecule has 2 aromatic carbocycles. The van der Waals surface area contributed by atoms with E-state index < -0.39 is 67.7 Å². The van der Waals surface area contributed by atoms with Crippen LogP contribution < -0.4 is 4.90 Å². The van der Waals surface area contributed by atoms with Crippen LogP contribution in [-0.4, -0.2) is 97.8 Å². The maximum absolute atomic E-state index is 12.1. The first kappa shape index (κ1) is 42.4. The molecule has 2 aromatic rings. The molecule has 2 rings (SSSR count). The number of nitrogens with zero attached hydrogens (tertiary/aromatic N) is 2. The lowest BCUT2D eigenvalue weighted by molar-refractivity contribution is -0.440. The van der Waals surface area contributed by atoms with Crippen molar-refractivity contribution in [2.24, 2.45) is 0 Å². The van der Waals surface area contributed by atoms with E-state index in [1.54, 1.807) is 42.7 Å². The van der Waals surface area contributed by atoms with E-state index in [0.717, 1.165) is 6.07 Å². The third-order valence-electron chi connectivity index (χ3n) is 7.22. The molecule has 0 radical (unpaired) electrons. The summed E-state index contributed by atoms with van der Waals surface area (Å²) in [4.78, 5) is 11.1. The van der Waals surface area contributed by atoms with Crippen LogP contribution in [0.4, 0.5) is 11.4 Å². The summed E-state index contributed by atoms with van der Waals surface area (Å²) in [6.07, 6.45) is 7.75. The maximum Gasteiger partial charge on any atom is 0.335 e. The Morgan fingerprint density at radius 1 is 0.800 bits per heavy atom. The van der Waals surface area contributed by atoms with E-state index in [9.17, 15) is 61.8 Å². The van der Waals surface area contributed by atoms with Gasteiger partial charge >= 0.3 is 5.97 Å². The third kappa shape index (κ3) is 13.2. The molecule has 0 heterocycles. The second-order valence-corrected chi connectivity index (χ2v) is 17.1. The zero-order valence-electron chi connectivity index (χ0n) is 27.5. The van der Waals surface area contributed by atoms with Crippen LogP contribution in [0.3, 0.4) is 0 Å². The Bertz CT molecular complexity index is 2190. The summed E-state index contributed by atoms with van der Waals surface area (Å²) in [6, 6.07) is 5.98. The Kier molecular flexibility index (Phi) is 14.4. The molecule has 0 saturated heterocycles. The van der Waals surface area contributed by atoms with Gasteiger partial charge in [-0.1, -0.05) is 18.2 Å². The van der Waals surface area contributed by atoms with E-state index in [4.69, 9.17) is 0 Å². The quantitative estimate of drug-likeness (QED) is 0.0664. The first-order valence-corrected chi connectivity index (χ1v) is 20.7. The van der Waals surface area contributed by atoms with Gasteiger partial charge in [-0.05, 0) is 63.1 Å². The van der Waals surface area contributed by atoms with E-state index >= 15 is 0 Å². The zero-order valence-corrected chi connectivity index (χ0v) is 30.7. The van der Waals surface area contributed by atoms with Crippen molar-refractivity contribution in [1.29, 1.82) is 0 Å². The van der Waals surface area contributed by atoms with Crippen LogP contribution in [0.2, 0.25) is 0 Å². The second kappa shape index (κ2) is 17.0. The van der Waals surface area contributed by atoms with Gasteiger partial charge in [0, 0.05) is 49.0 Å². The van der Waals surface area contributed by atoms with Gasteiger partial charge in [-0.15, -0.1) is 0 Å². The molecule has 50 heavy (non-hydrogen) atoms. The topological polar surface area (TPSA) is 261 Å². The Morgan fingerprint density at radius 3 is 1.92 bits per heavy atom. The number of carboxylic acids is 1. The Hall–Kier alpha value is -3.76. The summed E-state index contributed by atoms with van der Waals surface area (Å²) >= 11 is 0. The van der Waals surface area contributed by atoms with Gasteiger partial charge < -0.3 is 10.0 Å².